The largest absolute Gasteiger partial charge is 0.464 e. The van der Waals surface area contributed by atoms with Gasteiger partial charge in [0, 0.05) is 5.39 Å². The van der Waals surface area contributed by atoms with Crippen LogP contribution < -0.4 is 0 Å². The minimum Gasteiger partial charge on any atom is -0.464 e. The molecule has 0 spiro atoms. The number of benzene rings is 1. The zero-order chi connectivity index (χ0) is 13.0. The van der Waals surface area contributed by atoms with E-state index in [0.717, 1.165) is 11.0 Å². The van der Waals surface area contributed by atoms with Crippen molar-refractivity contribution in [2.45, 2.75) is 12.5 Å². The molecule has 1 aliphatic carbocycles. The van der Waals surface area contributed by atoms with Crippen LogP contribution in [-0.4, -0.2) is 16.5 Å². The third-order valence-corrected chi connectivity index (χ3v) is 2.53. The topological polar surface area (TPSA) is 50.4 Å². The Morgan fingerprint density at radius 2 is 1.78 bits per heavy atom. The molecular formula is C15H14O3. The molecule has 1 heterocycles. The summed E-state index contributed by atoms with van der Waals surface area (Å²) in [5, 5.41) is 10.3. The Labute approximate surface area is 105 Å². The lowest BCUT2D eigenvalue weighted by atomic mass is 10.0. The maximum absolute atomic E-state index is 10.5. The maximum atomic E-state index is 10.5. The van der Waals surface area contributed by atoms with Crippen LogP contribution in [0.15, 0.2) is 65.3 Å². The second kappa shape index (κ2) is 5.02. The standard InChI is InChI=1S/C8H6O.C7H8O2/c1-2-4-8-7(3-1)5-6-9-8;1-7(9)4-2-6(8)3-5-7/h1-6H;2-5,9H,1H3. The summed E-state index contributed by atoms with van der Waals surface area (Å²) in [7, 11) is 0. The summed E-state index contributed by atoms with van der Waals surface area (Å²) in [6.07, 6.45) is 7.36. The van der Waals surface area contributed by atoms with Crippen LogP contribution in [0.2, 0.25) is 0 Å². The minimum atomic E-state index is -0.923. The fourth-order valence-corrected chi connectivity index (χ4v) is 1.52. The summed E-state index contributed by atoms with van der Waals surface area (Å²) in [6, 6.07) is 9.90. The Morgan fingerprint density at radius 3 is 2.39 bits per heavy atom. The first kappa shape index (κ1) is 12.3. The van der Waals surface area contributed by atoms with Gasteiger partial charge < -0.3 is 9.52 Å². The van der Waals surface area contributed by atoms with Gasteiger partial charge in [-0.3, -0.25) is 4.79 Å². The van der Waals surface area contributed by atoms with Crippen LogP contribution in [0.1, 0.15) is 6.92 Å². The van der Waals surface area contributed by atoms with E-state index in [1.807, 2.05) is 30.3 Å². The number of aliphatic hydroxyl groups is 1. The van der Waals surface area contributed by atoms with Gasteiger partial charge in [0.05, 0.1) is 11.9 Å². The molecule has 18 heavy (non-hydrogen) atoms. The molecule has 92 valence electrons. The third kappa shape index (κ3) is 3.18. The Hall–Kier alpha value is -2.13. The number of hydrogen-bond acceptors (Lipinski definition) is 3. The van der Waals surface area contributed by atoms with Crippen molar-refractivity contribution < 1.29 is 14.3 Å². The van der Waals surface area contributed by atoms with Crippen molar-refractivity contribution in [2.75, 3.05) is 0 Å². The van der Waals surface area contributed by atoms with Gasteiger partial charge in [0.25, 0.3) is 0 Å². The molecule has 1 aliphatic rings. The van der Waals surface area contributed by atoms with Gasteiger partial charge in [-0.2, -0.15) is 0 Å². The van der Waals surface area contributed by atoms with Gasteiger partial charge in [-0.05, 0) is 43.4 Å². The highest BCUT2D eigenvalue weighted by Gasteiger charge is 2.14. The summed E-state index contributed by atoms with van der Waals surface area (Å²) in [5.74, 6) is -0.0680. The molecular weight excluding hydrogens is 228 g/mol. The van der Waals surface area contributed by atoms with Gasteiger partial charge in [0.2, 0.25) is 0 Å². The molecule has 0 saturated heterocycles. The monoisotopic (exact) mass is 242 g/mol. The predicted molar refractivity (Wildman–Crippen MR) is 70.1 cm³/mol. The summed E-state index contributed by atoms with van der Waals surface area (Å²) >= 11 is 0. The van der Waals surface area contributed by atoms with Crippen LogP contribution >= 0.6 is 0 Å². The molecule has 1 aromatic heterocycles. The van der Waals surface area contributed by atoms with Crippen LogP contribution in [0.5, 0.6) is 0 Å². The lowest BCUT2D eigenvalue weighted by molar-refractivity contribution is -0.110. The van der Waals surface area contributed by atoms with E-state index in [0.29, 0.717) is 0 Å². The average Bonchev–Trinajstić information content (AvgIpc) is 2.82. The molecule has 0 saturated carbocycles. The van der Waals surface area contributed by atoms with E-state index in [9.17, 15) is 4.79 Å². The van der Waals surface area contributed by atoms with Gasteiger partial charge in [-0.15, -0.1) is 0 Å². The second-order valence-corrected chi connectivity index (χ2v) is 4.25. The number of para-hydroxylation sites is 1. The fraction of sp³-hybridized carbons (Fsp3) is 0.133. The van der Waals surface area contributed by atoms with E-state index >= 15 is 0 Å². The van der Waals surface area contributed by atoms with Crippen molar-refractivity contribution in [3.05, 3.63) is 60.9 Å². The van der Waals surface area contributed by atoms with Crippen molar-refractivity contribution in [3.63, 3.8) is 0 Å². The number of furan rings is 1. The lowest BCUT2D eigenvalue weighted by Crippen LogP contribution is -2.20. The first-order chi connectivity index (χ1) is 8.57. The first-order valence-electron chi connectivity index (χ1n) is 5.64. The highest BCUT2D eigenvalue weighted by Crippen LogP contribution is 2.13. The number of rotatable bonds is 0. The van der Waals surface area contributed by atoms with Gasteiger partial charge in [0.15, 0.2) is 5.78 Å². The highest BCUT2D eigenvalue weighted by molar-refractivity contribution is 6.00. The molecule has 0 aliphatic heterocycles. The van der Waals surface area contributed by atoms with Gasteiger partial charge in [-0.25, -0.2) is 0 Å². The maximum Gasteiger partial charge on any atom is 0.178 e. The predicted octanol–water partition coefficient (Wildman–Crippen LogP) is 2.87. The van der Waals surface area contributed by atoms with E-state index in [2.05, 4.69) is 0 Å². The SMILES string of the molecule is CC1(O)C=CC(=O)C=C1.c1ccc2occc2c1. The van der Waals surface area contributed by atoms with Crippen LogP contribution in [-0.2, 0) is 4.79 Å². The van der Waals surface area contributed by atoms with Crippen LogP contribution in [0, 0.1) is 0 Å². The molecule has 3 rings (SSSR count). The highest BCUT2D eigenvalue weighted by atomic mass is 16.3. The minimum absolute atomic E-state index is 0.0680. The molecule has 0 bridgehead atoms. The van der Waals surface area contributed by atoms with Crippen LogP contribution in [0.3, 0.4) is 0 Å². The van der Waals surface area contributed by atoms with Crippen LogP contribution in [0.4, 0.5) is 0 Å². The fourth-order valence-electron chi connectivity index (χ4n) is 1.52. The number of ketones is 1. The zero-order valence-corrected chi connectivity index (χ0v) is 10.0. The summed E-state index contributed by atoms with van der Waals surface area (Å²) in [6.45, 7) is 1.62. The Bertz CT molecular complexity index is 555. The van der Waals surface area contributed by atoms with Crippen molar-refractivity contribution in [1.82, 2.24) is 0 Å². The number of carbonyl (C=O) groups is 1. The Balaban J connectivity index is 0.000000134. The molecule has 0 radical (unpaired) electrons. The van der Waals surface area contributed by atoms with E-state index < -0.39 is 5.60 Å². The van der Waals surface area contributed by atoms with E-state index in [-0.39, 0.29) is 5.78 Å². The second-order valence-electron chi connectivity index (χ2n) is 4.25. The summed E-state index contributed by atoms with van der Waals surface area (Å²) < 4.78 is 5.12. The quantitative estimate of drug-likeness (QED) is 0.772. The number of fused-ring (bicyclic) bond motifs is 1. The Kier molecular flexibility index (Phi) is 3.44. The van der Waals surface area contributed by atoms with Crippen molar-refractivity contribution in [2.24, 2.45) is 0 Å². The van der Waals surface area contributed by atoms with E-state index in [1.54, 1.807) is 13.2 Å². The molecule has 0 unspecified atom stereocenters. The molecule has 0 atom stereocenters. The van der Waals surface area contributed by atoms with Crippen LogP contribution in [0.25, 0.3) is 11.0 Å². The lowest BCUT2D eigenvalue weighted by Gasteiger charge is -2.14. The van der Waals surface area contributed by atoms with Crippen molar-refractivity contribution in [3.8, 4) is 0 Å². The zero-order valence-electron chi connectivity index (χ0n) is 10.0. The normalized spacial score (nSPS) is 16.4. The first-order valence-corrected chi connectivity index (χ1v) is 5.64. The number of allylic oxidation sites excluding steroid dienone is 2. The van der Waals surface area contributed by atoms with E-state index in [4.69, 9.17) is 9.52 Å². The van der Waals surface area contributed by atoms with Gasteiger partial charge >= 0.3 is 0 Å². The third-order valence-electron chi connectivity index (χ3n) is 2.53. The molecule has 0 amide bonds. The number of hydrogen-bond donors (Lipinski definition) is 1. The summed E-state index contributed by atoms with van der Waals surface area (Å²) in [5.41, 5.74) is 0.0333. The molecule has 3 nitrogen and oxygen atoms in total. The average molecular weight is 242 g/mol. The smallest absolute Gasteiger partial charge is 0.178 e. The number of carbonyl (C=O) groups excluding carboxylic acids is 1. The van der Waals surface area contributed by atoms with Crippen molar-refractivity contribution >= 4 is 16.8 Å². The molecule has 2 aromatic rings. The Morgan fingerprint density at radius 1 is 1.11 bits per heavy atom. The van der Waals surface area contributed by atoms with Gasteiger partial charge in [-0.1, -0.05) is 18.2 Å². The molecule has 1 aromatic carbocycles. The summed E-state index contributed by atoms with van der Waals surface area (Å²) in [4.78, 5) is 10.5. The van der Waals surface area contributed by atoms with Gasteiger partial charge in [0.1, 0.15) is 5.58 Å². The molecule has 0 fully saturated rings. The molecule has 3 heteroatoms. The molecule has 1 N–H and O–H groups in total. The van der Waals surface area contributed by atoms with E-state index in [1.165, 1.54) is 24.3 Å². The van der Waals surface area contributed by atoms with Crippen molar-refractivity contribution in [1.29, 1.82) is 0 Å².